The summed E-state index contributed by atoms with van der Waals surface area (Å²) in [6.45, 7) is 8.70. The summed E-state index contributed by atoms with van der Waals surface area (Å²) in [7, 11) is 0. The third-order valence-electron chi connectivity index (χ3n) is 2.16. The Morgan fingerprint density at radius 3 is 2.18 bits per heavy atom. The summed E-state index contributed by atoms with van der Waals surface area (Å²) < 4.78 is 0. The van der Waals surface area contributed by atoms with Gasteiger partial charge in [0.2, 0.25) is 0 Å². The van der Waals surface area contributed by atoms with Gasteiger partial charge in [0, 0.05) is 6.42 Å². The van der Waals surface area contributed by atoms with Crippen molar-refractivity contribution in [3.05, 3.63) is 0 Å². The van der Waals surface area contributed by atoms with Crippen molar-refractivity contribution in [2.75, 3.05) is 0 Å². The maximum atomic E-state index is 5.50. The van der Waals surface area contributed by atoms with Crippen LogP contribution in [0.2, 0.25) is 0 Å². The molecule has 0 aliphatic carbocycles. The standard InChI is InChI=1S/C8H19N3/c1-6(8(2,3)4)5-7(9)11-10/h6H,5,10H2,1-4H3,(H2,9,11). The Labute approximate surface area is 68.8 Å². The molecular weight excluding hydrogens is 138 g/mol. The molecule has 66 valence electrons. The maximum Gasteiger partial charge on any atom is 0.119 e. The molecule has 0 aromatic rings. The van der Waals surface area contributed by atoms with Crippen molar-refractivity contribution in [3.63, 3.8) is 0 Å². The molecule has 3 nitrogen and oxygen atoms in total. The van der Waals surface area contributed by atoms with Gasteiger partial charge in [-0.05, 0) is 11.3 Å². The van der Waals surface area contributed by atoms with Crippen LogP contribution in [0.4, 0.5) is 0 Å². The van der Waals surface area contributed by atoms with Crippen molar-refractivity contribution in [1.82, 2.24) is 0 Å². The Hall–Kier alpha value is -0.730. The molecule has 0 saturated carbocycles. The summed E-state index contributed by atoms with van der Waals surface area (Å²) in [5, 5.41) is 3.44. The first-order valence-electron chi connectivity index (χ1n) is 3.90. The Balaban J connectivity index is 3.98. The van der Waals surface area contributed by atoms with E-state index >= 15 is 0 Å². The smallest absolute Gasteiger partial charge is 0.119 e. The van der Waals surface area contributed by atoms with Gasteiger partial charge in [0.1, 0.15) is 5.84 Å². The fourth-order valence-corrected chi connectivity index (χ4v) is 0.673. The average molecular weight is 157 g/mol. The molecule has 0 aromatic carbocycles. The molecule has 0 bridgehead atoms. The molecule has 0 aliphatic heterocycles. The molecule has 0 radical (unpaired) electrons. The van der Waals surface area contributed by atoms with E-state index < -0.39 is 0 Å². The van der Waals surface area contributed by atoms with Crippen LogP contribution in [0.15, 0.2) is 5.10 Å². The Bertz CT molecular complexity index is 144. The Kier molecular flexibility index (Phi) is 3.36. The van der Waals surface area contributed by atoms with Crippen molar-refractivity contribution < 1.29 is 0 Å². The zero-order valence-corrected chi connectivity index (χ0v) is 7.89. The van der Waals surface area contributed by atoms with Gasteiger partial charge in [-0.2, -0.15) is 5.10 Å². The second-order valence-electron chi connectivity index (χ2n) is 4.09. The molecule has 11 heavy (non-hydrogen) atoms. The van der Waals surface area contributed by atoms with E-state index in [1.165, 1.54) is 0 Å². The third-order valence-corrected chi connectivity index (χ3v) is 2.16. The van der Waals surface area contributed by atoms with Crippen molar-refractivity contribution in [2.24, 2.45) is 28.0 Å². The lowest BCUT2D eigenvalue weighted by Crippen LogP contribution is -2.25. The predicted molar refractivity (Wildman–Crippen MR) is 49.0 cm³/mol. The minimum Gasteiger partial charge on any atom is -0.386 e. The SMILES string of the molecule is CC(C/C(N)=N/N)C(C)(C)C. The highest BCUT2D eigenvalue weighted by Gasteiger charge is 2.20. The lowest BCUT2D eigenvalue weighted by atomic mass is 9.80. The molecule has 0 fully saturated rings. The summed E-state index contributed by atoms with van der Waals surface area (Å²) in [6.07, 6.45) is 0.778. The highest BCUT2D eigenvalue weighted by atomic mass is 15.1. The summed E-state index contributed by atoms with van der Waals surface area (Å²) in [5.41, 5.74) is 5.77. The highest BCUT2D eigenvalue weighted by molar-refractivity contribution is 5.80. The van der Waals surface area contributed by atoms with Crippen molar-refractivity contribution in [1.29, 1.82) is 0 Å². The minimum absolute atomic E-state index is 0.273. The monoisotopic (exact) mass is 157 g/mol. The first kappa shape index (κ1) is 10.3. The molecular formula is C8H19N3. The van der Waals surface area contributed by atoms with Gasteiger partial charge >= 0.3 is 0 Å². The molecule has 0 amide bonds. The number of rotatable bonds is 2. The van der Waals surface area contributed by atoms with Crippen LogP contribution in [0, 0.1) is 11.3 Å². The molecule has 3 heteroatoms. The largest absolute Gasteiger partial charge is 0.386 e. The van der Waals surface area contributed by atoms with Crippen LogP contribution >= 0.6 is 0 Å². The second-order valence-corrected chi connectivity index (χ2v) is 4.09. The van der Waals surface area contributed by atoms with E-state index in [9.17, 15) is 0 Å². The van der Waals surface area contributed by atoms with Crippen LogP contribution < -0.4 is 11.6 Å². The van der Waals surface area contributed by atoms with Gasteiger partial charge < -0.3 is 11.6 Å². The Morgan fingerprint density at radius 2 is 1.91 bits per heavy atom. The number of hydrogen-bond acceptors (Lipinski definition) is 2. The summed E-state index contributed by atoms with van der Waals surface area (Å²) in [4.78, 5) is 0. The predicted octanol–water partition coefficient (Wildman–Crippen LogP) is 1.29. The molecule has 4 N–H and O–H groups in total. The van der Waals surface area contributed by atoms with Gasteiger partial charge in [-0.25, -0.2) is 0 Å². The van der Waals surface area contributed by atoms with Crippen molar-refractivity contribution in [3.8, 4) is 0 Å². The zero-order valence-electron chi connectivity index (χ0n) is 7.89. The van der Waals surface area contributed by atoms with Crippen LogP contribution in [0.5, 0.6) is 0 Å². The van der Waals surface area contributed by atoms with E-state index in [-0.39, 0.29) is 5.41 Å². The van der Waals surface area contributed by atoms with Gasteiger partial charge in [0.15, 0.2) is 0 Å². The average Bonchev–Trinajstić information content (AvgIpc) is 1.85. The van der Waals surface area contributed by atoms with E-state index in [2.05, 4.69) is 32.8 Å². The maximum absolute atomic E-state index is 5.50. The number of nitrogens with two attached hydrogens (primary N) is 2. The first-order chi connectivity index (χ1) is 4.88. The van der Waals surface area contributed by atoms with E-state index in [0.717, 1.165) is 6.42 Å². The van der Waals surface area contributed by atoms with Crippen molar-refractivity contribution >= 4 is 5.84 Å². The lowest BCUT2D eigenvalue weighted by Gasteiger charge is -2.26. The van der Waals surface area contributed by atoms with E-state index in [1.54, 1.807) is 0 Å². The number of hydrogen-bond donors (Lipinski definition) is 2. The molecule has 1 atom stereocenters. The molecule has 0 rings (SSSR count). The molecule has 1 unspecified atom stereocenters. The number of hydrazone groups is 1. The first-order valence-corrected chi connectivity index (χ1v) is 3.90. The summed E-state index contributed by atoms with van der Waals surface area (Å²) >= 11 is 0. The number of nitrogens with zero attached hydrogens (tertiary/aromatic N) is 1. The molecule has 0 aromatic heterocycles. The Morgan fingerprint density at radius 1 is 1.45 bits per heavy atom. The molecule has 0 spiro atoms. The molecule has 0 aliphatic rings. The lowest BCUT2D eigenvalue weighted by molar-refractivity contribution is 0.269. The van der Waals surface area contributed by atoms with Crippen LogP contribution in [0.1, 0.15) is 34.1 Å². The molecule has 0 saturated heterocycles. The fraction of sp³-hybridized carbons (Fsp3) is 0.875. The fourth-order valence-electron chi connectivity index (χ4n) is 0.673. The third kappa shape index (κ3) is 3.86. The van der Waals surface area contributed by atoms with Gasteiger partial charge in [-0.15, -0.1) is 0 Å². The van der Waals surface area contributed by atoms with Gasteiger partial charge in [-0.3, -0.25) is 0 Å². The van der Waals surface area contributed by atoms with Crippen molar-refractivity contribution in [2.45, 2.75) is 34.1 Å². The van der Waals surface area contributed by atoms with Gasteiger partial charge in [-0.1, -0.05) is 27.7 Å². The van der Waals surface area contributed by atoms with Crippen LogP contribution in [-0.4, -0.2) is 5.84 Å². The van der Waals surface area contributed by atoms with Crippen LogP contribution in [0.25, 0.3) is 0 Å². The van der Waals surface area contributed by atoms with E-state index in [4.69, 9.17) is 11.6 Å². The minimum atomic E-state index is 0.273. The highest BCUT2D eigenvalue weighted by Crippen LogP contribution is 2.27. The summed E-state index contributed by atoms with van der Waals surface area (Å²) in [5.74, 6) is 6.07. The topological polar surface area (TPSA) is 64.4 Å². The number of amidine groups is 1. The van der Waals surface area contributed by atoms with Gasteiger partial charge in [0.25, 0.3) is 0 Å². The quantitative estimate of drug-likeness (QED) is 0.274. The van der Waals surface area contributed by atoms with E-state index in [1.807, 2.05) is 0 Å². The normalized spacial score (nSPS) is 16.5. The zero-order chi connectivity index (χ0) is 9.07. The molecule has 0 heterocycles. The second kappa shape index (κ2) is 3.60. The van der Waals surface area contributed by atoms with Crippen LogP contribution in [0.3, 0.4) is 0 Å². The summed E-state index contributed by atoms with van der Waals surface area (Å²) in [6, 6.07) is 0. The van der Waals surface area contributed by atoms with Gasteiger partial charge in [0.05, 0.1) is 0 Å². The van der Waals surface area contributed by atoms with E-state index in [0.29, 0.717) is 11.8 Å². The van der Waals surface area contributed by atoms with Crippen LogP contribution in [-0.2, 0) is 0 Å².